The maximum atomic E-state index is 13.0. The molecule has 0 aromatic heterocycles. The lowest BCUT2D eigenvalue weighted by Gasteiger charge is -2.02. The summed E-state index contributed by atoms with van der Waals surface area (Å²) >= 11 is 0. The third-order valence-corrected chi connectivity index (χ3v) is 2.51. The van der Waals surface area contributed by atoms with Crippen LogP contribution >= 0.6 is 0 Å². The molecule has 2 aromatic rings. The van der Waals surface area contributed by atoms with Crippen molar-refractivity contribution in [1.29, 1.82) is 0 Å². The van der Waals surface area contributed by atoms with Crippen molar-refractivity contribution < 1.29 is 9.13 Å². The zero-order valence-corrected chi connectivity index (χ0v) is 10.3. The van der Waals surface area contributed by atoms with Crippen LogP contribution in [-0.4, -0.2) is 6.61 Å². The summed E-state index contributed by atoms with van der Waals surface area (Å²) in [6, 6.07) is 14.3. The molecule has 0 aliphatic heterocycles. The standard InChI is InChI=1S/C16H15FO/c1-2-18-16-10-8-13(9-11-16)6-7-14-4-3-5-15(17)12-14/h3-12H,2H2,1H3/b7-6+. The number of halogens is 1. The van der Waals surface area contributed by atoms with Crippen LogP contribution in [0.1, 0.15) is 18.1 Å². The van der Waals surface area contributed by atoms with E-state index in [1.54, 1.807) is 6.07 Å². The molecule has 18 heavy (non-hydrogen) atoms. The zero-order chi connectivity index (χ0) is 12.8. The molecule has 0 heterocycles. The topological polar surface area (TPSA) is 9.23 Å². The number of rotatable bonds is 4. The van der Waals surface area contributed by atoms with Crippen LogP contribution in [-0.2, 0) is 0 Å². The van der Waals surface area contributed by atoms with Crippen LogP contribution in [0.25, 0.3) is 12.2 Å². The predicted molar refractivity (Wildman–Crippen MR) is 72.9 cm³/mol. The highest BCUT2D eigenvalue weighted by atomic mass is 19.1. The normalized spacial score (nSPS) is 10.8. The van der Waals surface area contributed by atoms with Crippen LogP contribution in [0.3, 0.4) is 0 Å². The van der Waals surface area contributed by atoms with Crippen molar-refractivity contribution in [3.05, 3.63) is 65.5 Å². The van der Waals surface area contributed by atoms with Gasteiger partial charge in [-0.3, -0.25) is 0 Å². The molecule has 0 unspecified atom stereocenters. The lowest BCUT2D eigenvalue weighted by Crippen LogP contribution is -1.90. The van der Waals surface area contributed by atoms with E-state index in [1.807, 2.05) is 49.4 Å². The minimum atomic E-state index is -0.219. The Kier molecular flexibility index (Phi) is 4.13. The molecule has 0 spiro atoms. The highest BCUT2D eigenvalue weighted by Crippen LogP contribution is 2.14. The Labute approximate surface area is 107 Å². The van der Waals surface area contributed by atoms with Crippen LogP contribution < -0.4 is 4.74 Å². The molecule has 0 saturated carbocycles. The number of benzene rings is 2. The minimum Gasteiger partial charge on any atom is -0.494 e. The second-order valence-corrected chi connectivity index (χ2v) is 3.89. The molecule has 0 N–H and O–H groups in total. The molecule has 0 fully saturated rings. The Hall–Kier alpha value is -2.09. The van der Waals surface area contributed by atoms with Gasteiger partial charge >= 0.3 is 0 Å². The summed E-state index contributed by atoms with van der Waals surface area (Å²) in [6.07, 6.45) is 3.84. The van der Waals surface area contributed by atoms with E-state index in [2.05, 4.69) is 0 Å². The van der Waals surface area contributed by atoms with Crippen molar-refractivity contribution in [2.24, 2.45) is 0 Å². The zero-order valence-electron chi connectivity index (χ0n) is 10.3. The van der Waals surface area contributed by atoms with Crippen molar-refractivity contribution in [1.82, 2.24) is 0 Å². The van der Waals surface area contributed by atoms with Crippen LogP contribution in [0.15, 0.2) is 48.5 Å². The fraction of sp³-hybridized carbons (Fsp3) is 0.125. The maximum Gasteiger partial charge on any atom is 0.123 e. The molecule has 0 saturated heterocycles. The van der Waals surface area contributed by atoms with E-state index in [0.29, 0.717) is 6.61 Å². The first-order valence-corrected chi connectivity index (χ1v) is 5.94. The third-order valence-electron chi connectivity index (χ3n) is 2.51. The van der Waals surface area contributed by atoms with E-state index in [1.165, 1.54) is 12.1 Å². The lowest BCUT2D eigenvalue weighted by atomic mass is 10.1. The van der Waals surface area contributed by atoms with Gasteiger partial charge in [-0.2, -0.15) is 0 Å². The van der Waals surface area contributed by atoms with E-state index in [-0.39, 0.29) is 5.82 Å². The molecule has 1 nitrogen and oxygen atoms in total. The second kappa shape index (κ2) is 6.01. The van der Waals surface area contributed by atoms with Gasteiger partial charge in [-0.1, -0.05) is 36.4 Å². The first-order valence-electron chi connectivity index (χ1n) is 5.94. The summed E-state index contributed by atoms with van der Waals surface area (Å²) in [4.78, 5) is 0. The molecular formula is C16H15FO. The quantitative estimate of drug-likeness (QED) is 0.722. The van der Waals surface area contributed by atoms with Crippen molar-refractivity contribution >= 4 is 12.2 Å². The van der Waals surface area contributed by atoms with Gasteiger partial charge in [0.15, 0.2) is 0 Å². The monoisotopic (exact) mass is 242 g/mol. The summed E-state index contributed by atoms with van der Waals surface area (Å²) in [5.74, 6) is 0.643. The first-order chi connectivity index (χ1) is 8.78. The predicted octanol–water partition coefficient (Wildman–Crippen LogP) is 4.39. The Morgan fingerprint density at radius 3 is 2.39 bits per heavy atom. The van der Waals surface area contributed by atoms with Crippen LogP contribution in [0.5, 0.6) is 5.75 Å². The summed E-state index contributed by atoms with van der Waals surface area (Å²) in [5, 5.41) is 0. The van der Waals surface area contributed by atoms with Crippen molar-refractivity contribution in [3.63, 3.8) is 0 Å². The largest absolute Gasteiger partial charge is 0.494 e. The van der Waals surface area contributed by atoms with Gasteiger partial charge in [0.1, 0.15) is 11.6 Å². The second-order valence-electron chi connectivity index (χ2n) is 3.89. The molecule has 2 rings (SSSR count). The van der Waals surface area contributed by atoms with E-state index >= 15 is 0 Å². The number of ether oxygens (including phenoxy) is 1. The molecule has 0 aliphatic rings. The first kappa shape index (κ1) is 12.4. The fourth-order valence-corrected chi connectivity index (χ4v) is 1.64. The van der Waals surface area contributed by atoms with Gasteiger partial charge in [-0.25, -0.2) is 4.39 Å². The highest BCUT2D eigenvalue weighted by Gasteiger charge is 1.93. The van der Waals surface area contributed by atoms with E-state index in [4.69, 9.17) is 4.74 Å². The molecule has 92 valence electrons. The van der Waals surface area contributed by atoms with Crippen molar-refractivity contribution in [3.8, 4) is 5.75 Å². The molecule has 2 aromatic carbocycles. The minimum absolute atomic E-state index is 0.219. The van der Waals surface area contributed by atoms with Gasteiger partial charge in [0.05, 0.1) is 6.61 Å². The number of hydrogen-bond acceptors (Lipinski definition) is 1. The Bertz CT molecular complexity index is 529. The van der Waals surface area contributed by atoms with Gasteiger partial charge < -0.3 is 4.74 Å². The Morgan fingerprint density at radius 2 is 1.72 bits per heavy atom. The Balaban J connectivity index is 2.09. The average molecular weight is 242 g/mol. The lowest BCUT2D eigenvalue weighted by molar-refractivity contribution is 0.340. The maximum absolute atomic E-state index is 13.0. The third kappa shape index (κ3) is 3.45. The van der Waals surface area contributed by atoms with E-state index < -0.39 is 0 Å². The van der Waals surface area contributed by atoms with Crippen LogP contribution in [0.4, 0.5) is 4.39 Å². The van der Waals surface area contributed by atoms with Gasteiger partial charge in [0.2, 0.25) is 0 Å². The van der Waals surface area contributed by atoms with Crippen LogP contribution in [0, 0.1) is 5.82 Å². The van der Waals surface area contributed by atoms with Crippen LogP contribution in [0.2, 0.25) is 0 Å². The van der Waals surface area contributed by atoms with Gasteiger partial charge in [0, 0.05) is 0 Å². The van der Waals surface area contributed by atoms with Gasteiger partial charge in [-0.05, 0) is 42.3 Å². The number of hydrogen-bond donors (Lipinski definition) is 0. The summed E-state index contributed by atoms with van der Waals surface area (Å²) in [5.41, 5.74) is 1.91. The molecule has 0 bridgehead atoms. The smallest absolute Gasteiger partial charge is 0.123 e. The van der Waals surface area contributed by atoms with Crippen molar-refractivity contribution in [2.75, 3.05) is 6.61 Å². The highest BCUT2D eigenvalue weighted by molar-refractivity contribution is 5.69. The fourth-order valence-electron chi connectivity index (χ4n) is 1.64. The van der Waals surface area contributed by atoms with Gasteiger partial charge in [-0.15, -0.1) is 0 Å². The summed E-state index contributed by atoms with van der Waals surface area (Å²) in [7, 11) is 0. The average Bonchev–Trinajstić information content (AvgIpc) is 2.38. The van der Waals surface area contributed by atoms with E-state index in [9.17, 15) is 4.39 Å². The molecule has 0 atom stereocenters. The Morgan fingerprint density at radius 1 is 1.00 bits per heavy atom. The molecule has 0 aliphatic carbocycles. The molecule has 2 heteroatoms. The van der Waals surface area contributed by atoms with E-state index in [0.717, 1.165) is 16.9 Å². The summed E-state index contributed by atoms with van der Waals surface area (Å²) < 4.78 is 18.3. The molecule has 0 radical (unpaired) electrons. The van der Waals surface area contributed by atoms with Gasteiger partial charge in [0.25, 0.3) is 0 Å². The molecular weight excluding hydrogens is 227 g/mol. The van der Waals surface area contributed by atoms with Crippen molar-refractivity contribution in [2.45, 2.75) is 6.92 Å². The molecule has 0 amide bonds. The SMILES string of the molecule is CCOc1ccc(/C=C/c2cccc(F)c2)cc1. The summed E-state index contributed by atoms with van der Waals surface area (Å²) in [6.45, 7) is 2.62.